The van der Waals surface area contributed by atoms with Crippen LogP contribution in [0.15, 0.2) is 83.9 Å². The van der Waals surface area contributed by atoms with Crippen molar-refractivity contribution in [2.45, 2.75) is 0 Å². The molecule has 0 unspecified atom stereocenters. The molecule has 206 valence electrons. The van der Waals surface area contributed by atoms with Crippen LogP contribution in [0, 0.1) is 0 Å². The van der Waals surface area contributed by atoms with Crippen molar-refractivity contribution in [2.75, 3.05) is 40.3 Å². The van der Waals surface area contributed by atoms with Gasteiger partial charge in [-0.3, -0.25) is 9.59 Å². The zero-order valence-corrected chi connectivity index (χ0v) is 24.0. The highest BCUT2D eigenvalue weighted by Gasteiger charge is 2.29. The van der Waals surface area contributed by atoms with Crippen molar-refractivity contribution in [3.05, 3.63) is 111 Å². The summed E-state index contributed by atoms with van der Waals surface area (Å²) in [7, 11) is 3.97. The molecule has 0 aromatic heterocycles. The van der Waals surface area contributed by atoms with Crippen LogP contribution in [0.25, 0.3) is 12.2 Å². The maximum atomic E-state index is 13.5. The Hall–Kier alpha value is -3.13. The molecule has 1 aliphatic rings. The van der Waals surface area contributed by atoms with Gasteiger partial charge in [0.15, 0.2) is 5.78 Å². The van der Waals surface area contributed by atoms with Crippen molar-refractivity contribution in [1.29, 1.82) is 0 Å². The van der Waals surface area contributed by atoms with Gasteiger partial charge in [-0.05, 0) is 85.9 Å². The van der Waals surface area contributed by atoms with Crippen LogP contribution in [0.4, 0.5) is 0 Å². The van der Waals surface area contributed by atoms with Gasteiger partial charge in [-0.25, -0.2) is 0 Å². The molecule has 39 heavy (non-hydrogen) atoms. The van der Waals surface area contributed by atoms with Crippen LogP contribution < -0.4 is 4.74 Å². The molecule has 0 atom stereocenters. The maximum Gasteiger partial charge on any atom is 0.254 e. The molecular formula is C30H31Cl3N2O4. The fourth-order valence-electron chi connectivity index (χ4n) is 3.93. The summed E-state index contributed by atoms with van der Waals surface area (Å²) in [5, 5.41) is 1.23. The van der Waals surface area contributed by atoms with Gasteiger partial charge in [0.25, 0.3) is 5.91 Å². The summed E-state index contributed by atoms with van der Waals surface area (Å²) in [6, 6.07) is 21.6. The second-order valence-electron chi connectivity index (χ2n) is 9.11. The number of ketones is 1. The standard InChI is InChI=1S/C30H28Cl2N2O3.ClH.H2O/c1-33(2)15-16-37-28-13-7-23(8-14-28)30(36)34-19-24(17-21-3-9-26(31)10-4-21)29(35)25(20-34)18-22-5-11-27(32)12-6-22;;/h3-14,17-18H,15-16,19-20H2,1-2H3;1H;1H2/b24-17-,25-18+;;. The lowest BCUT2D eigenvalue weighted by Crippen LogP contribution is -2.41. The predicted octanol–water partition coefficient (Wildman–Crippen LogP) is 5.72. The van der Waals surface area contributed by atoms with Crippen molar-refractivity contribution < 1.29 is 19.8 Å². The van der Waals surface area contributed by atoms with Crippen LogP contribution in [-0.4, -0.2) is 67.3 Å². The second-order valence-corrected chi connectivity index (χ2v) is 9.98. The highest BCUT2D eigenvalue weighted by Crippen LogP contribution is 2.25. The van der Waals surface area contributed by atoms with Crippen LogP contribution >= 0.6 is 35.6 Å². The minimum atomic E-state index is -0.156. The number of carbonyl (C=O) groups excluding carboxylic acids is 2. The lowest BCUT2D eigenvalue weighted by Gasteiger charge is -2.30. The number of piperidine rings is 1. The van der Waals surface area contributed by atoms with Gasteiger partial charge in [-0.2, -0.15) is 0 Å². The Morgan fingerprint density at radius 2 is 1.31 bits per heavy atom. The zero-order valence-electron chi connectivity index (χ0n) is 21.7. The molecule has 1 fully saturated rings. The third kappa shape index (κ3) is 8.95. The number of Topliss-reactive ketones (excluding diaryl/α,β-unsaturated/α-hetero) is 1. The molecule has 1 amide bonds. The molecule has 4 rings (SSSR count). The Morgan fingerprint density at radius 1 is 0.846 bits per heavy atom. The van der Waals surface area contributed by atoms with Gasteiger partial charge < -0.3 is 20.0 Å². The van der Waals surface area contributed by atoms with E-state index in [1.54, 1.807) is 53.4 Å². The predicted molar refractivity (Wildman–Crippen MR) is 161 cm³/mol. The minimum Gasteiger partial charge on any atom is -0.492 e. The molecule has 9 heteroatoms. The van der Waals surface area contributed by atoms with E-state index in [2.05, 4.69) is 0 Å². The molecule has 0 spiro atoms. The van der Waals surface area contributed by atoms with Crippen LogP contribution in [0.3, 0.4) is 0 Å². The normalized spacial score (nSPS) is 15.2. The van der Waals surface area contributed by atoms with E-state index < -0.39 is 0 Å². The number of nitrogens with zero attached hydrogens (tertiary/aromatic N) is 2. The molecule has 6 nitrogen and oxygen atoms in total. The quantitative estimate of drug-likeness (QED) is 0.330. The van der Waals surface area contributed by atoms with E-state index in [-0.39, 0.29) is 42.7 Å². The number of hydrogen-bond acceptors (Lipinski definition) is 4. The monoisotopic (exact) mass is 588 g/mol. The van der Waals surface area contributed by atoms with Gasteiger partial charge in [-0.15, -0.1) is 12.4 Å². The number of hydrogen-bond donors (Lipinski definition) is 0. The molecule has 0 bridgehead atoms. The third-order valence-corrected chi connectivity index (χ3v) is 6.43. The van der Waals surface area contributed by atoms with E-state index in [1.807, 2.05) is 55.4 Å². The highest BCUT2D eigenvalue weighted by molar-refractivity contribution is 6.31. The summed E-state index contributed by atoms with van der Waals surface area (Å²) in [4.78, 5) is 30.6. The fourth-order valence-corrected chi connectivity index (χ4v) is 4.18. The topological polar surface area (TPSA) is 81.3 Å². The summed E-state index contributed by atoms with van der Waals surface area (Å²) < 4.78 is 5.75. The molecule has 1 aliphatic heterocycles. The number of carbonyl (C=O) groups is 2. The molecule has 3 aromatic carbocycles. The van der Waals surface area contributed by atoms with Crippen molar-refractivity contribution in [3.8, 4) is 5.75 Å². The Kier molecular flexibility index (Phi) is 12.2. The van der Waals surface area contributed by atoms with E-state index in [0.29, 0.717) is 39.1 Å². The SMILES string of the molecule is CN(C)CCOc1ccc(C(=O)N2C/C(=C/c3ccc(Cl)cc3)C(=O)/C(=C/c3ccc(Cl)cc3)C2)cc1.Cl.O. The number of benzene rings is 3. The summed E-state index contributed by atoms with van der Waals surface area (Å²) >= 11 is 12.0. The number of rotatable bonds is 7. The molecule has 2 N–H and O–H groups in total. The summed E-state index contributed by atoms with van der Waals surface area (Å²) in [6.45, 7) is 1.78. The zero-order chi connectivity index (χ0) is 26.4. The lowest BCUT2D eigenvalue weighted by molar-refractivity contribution is -0.113. The van der Waals surface area contributed by atoms with Crippen LogP contribution in [-0.2, 0) is 4.79 Å². The van der Waals surface area contributed by atoms with Crippen molar-refractivity contribution >= 4 is 59.5 Å². The fraction of sp³-hybridized carbons (Fsp3) is 0.200. The van der Waals surface area contributed by atoms with Crippen LogP contribution in [0.5, 0.6) is 5.75 Å². The van der Waals surface area contributed by atoms with E-state index >= 15 is 0 Å². The maximum absolute atomic E-state index is 13.5. The summed E-state index contributed by atoms with van der Waals surface area (Å²) in [5.41, 5.74) is 3.28. The molecule has 0 aliphatic carbocycles. The first-order valence-corrected chi connectivity index (χ1v) is 12.7. The lowest BCUT2D eigenvalue weighted by atomic mass is 9.93. The van der Waals surface area contributed by atoms with Gasteiger partial charge in [0.2, 0.25) is 0 Å². The van der Waals surface area contributed by atoms with E-state index in [1.165, 1.54) is 0 Å². The third-order valence-electron chi connectivity index (χ3n) is 5.92. The van der Waals surface area contributed by atoms with Gasteiger partial charge in [0.1, 0.15) is 12.4 Å². The highest BCUT2D eigenvalue weighted by atomic mass is 35.5. The molecule has 0 saturated carbocycles. The van der Waals surface area contributed by atoms with Crippen molar-refractivity contribution in [3.63, 3.8) is 0 Å². The van der Waals surface area contributed by atoms with Gasteiger partial charge in [0.05, 0.1) is 13.1 Å². The van der Waals surface area contributed by atoms with Gasteiger partial charge >= 0.3 is 0 Å². The minimum absolute atomic E-state index is 0. The molecule has 3 aromatic rings. The van der Waals surface area contributed by atoms with E-state index in [9.17, 15) is 9.59 Å². The van der Waals surface area contributed by atoms with Crippen molar-refractivity contribution in [2.24, 2.45) is 0 Å². The van der Waals surface area contributed by atoms with Crippen LogP contribution in [0.2, 0.25) is 10.0 Å². The number of ether oxygens (including phenoxy) is 1. The molecule has 0 radical (unpaired) electrons. The number of amides is 1. The average Bonchev–Trinajstić information content (AvgIpc) is 2.88. The first-order valence-electron chi connectivity index (χ1n) is 11.9. The van der Waals surface area contributed by atoms with Gasteiger partial charge in [0, 0.05) is 33.3 Å². The van der Waals surface area contributed by atoms with Gasteiger partial charge in [-0.1, -0.05) is 47.5 Å². The first-order chi connectivity index (χ1) is 17.8. The molecule has 1 heterocycles. The number of likely N-dealkylation sites (tertiary alicyclic amines) is 1. The van der Waals surface area contributed by atoms with E-state index in [4.69, 9.17) is 27.9 Å². The Balaban J connectivity index is 0.00000267. The summed E-state index contributed by atoms with van der Waals surface area (Å²) in [6.07, 6.45) is 3.63. The van der Waals surface area contributed by atoms with E-state index in [0.717, 1.165) is 17.7 Å². The largest absolute Gasteiger partial charge is 0.492 e. The summed E-state index contributed by atoms with van der Waals surface area (Å²) in [5.74, 6) is 0.466. The van der Waals surface area contributed by atoms with Crippen LogP contribution in [0.1, 0.15) is 21.5 Å². The molecule has 1 saturated heterocycles. The Bertz CT molecular complexity index is 1250. The first kappa shape index (κ1) is 32.1. The average molecular weight is 590 g/mol. The Morgan fingerprint density at radius 3 is 1.74 bits per heavy atom. The number of likely N-dealkylation sites (N-methyl/N-ethyl adjacent to an activating group) is 1. The number of halogens is 3. The Labute approximate surface area is 245 Å². The smallest absolute Gasteiger partial charge is 0.254 e. The molecular weight excluding hydrogens is 559 g/mol. The second kappa shape index (κ2) is 14.9. The van der Waals surface area contributed by atoms with Crippen molar-refractivity contribution in [1.82, 2.24) is 9.80 Å².